The van der Waals surface area contributed by atoms with Crippen LogP contribution in [0.1, 0.15) is 22.5 Å². The molecule has 0 atom stereocenters. The molecular weight excluding hydrogens is 384 g/mol. The molecule has 0 unspecified atom stereocenters. The summed E-state index contributed by atoms with van der Waals surface area (Å²) in [5.41, 5.74) is 6.08. The van der Waals surface area contributed by atoms with Crippen LogP contribution in [-0.2, 0) is 16.0 Å². The van der Waals surface area contributed by atoms with E-state index in [9.17, 15) is 9.59 Å². The van der Waals surface area contributed by atoms with Crippen molar-refractivity contribution in [2.24, 2.45) is 0 Å². The number of morpholine rings is 1. The largest absolute Gasteiger partial charge is 0.454 e. The van der Waals surface area contributed by atoms with E-state index in [1.807, 2.05) is 18.2 Å². The Morgan fingerprint density at radius 1 is 1.14 bits per heavy atom. The molecule has 2 amide bonds. The third kappa shape index (κ3) is 4.34. The standard InChI is InChI=1S/C18H20N4O5S/c23-16(4-2-12-1-3-14-15(9-12)27-11-26-14)20-21-17(24)13-10-28-18(19-13)22-5-7-25-8-6-22/h1,3,9-10H,2,4-8,11H2,(H,20,23)(H,21,24). The molecule has 4 rings (SSSR count). The van der Waals surface area contributed by atoms with Crippen molar-refractivity contribution < 1.29 is 23.8 Å². The van der Waals surface area contributed by atoms with Crippen molar-refractivity contribution in [2.45, 2.75) is 12.8 Å². The Balaban J connectivity index is 1.23. The number of nitrogens with zero attached hydrogens (tertiary/aromatic N) is 2. The Morgan fingerprint density at radius 2 is 1.96 bits per heavy atom. The first-order chi connectivity index (χ1) is 13.7. The highest BCUT2D eigenvalue weighted by molar-refractivity contribution is 7.13. The first-order valence-corrected chi connectivity index (χ1v) is 9.83. The average molecular weight is 404 g/mol. The number of rotatable bonds is 5. The summed E-state index contributed by atoms with van der Waals surface area (Å²) in [7, 11) is 0. The second kappa shape index (κ2) is 8.44. The fourth-order valence-electron chi connectivity index (χ4n) is 2.88. The van der Waals surface area contributed by atoms with Crippen LogP contribution in [0.25, 0.3) is 0 Å². The van der Waals surface area contributed by atoms with E-state index in [0.717, 1.165) is 23.8 Å². The van der Waals surface area contributed by atoms with E-state index in [4.69, 9.17) is 14.2 Å². The first-order valence-electron chi connectivity index (χ1n) is 8.95. The number of ether oxygens (including phenoxy) is 3. The molecule has 0 radical (unpaired) electrons. The van der Waals surface area contributed by atoms with Gasteiger partial charge in [-0.2, -0.15) is 0 Å². The van der Waals surface area contributed by atoms with Crippen LogP contribution in [-0.4, -0.2) is 49.9 Å². The number of aryl methyl sites for hydroxylation is 1. The Kier molecular flexibility index (Phi) is 5.58. The number of nitrogens with one attached hydrogen (secondary N) is 2. The maximum atomic E-state index is 12.2. The average Bonchev–Trinajstić information content (AvgIpc) is 3.40. The van der Waals surface area contributed by atoms with Gasteiger partial charge in [0.15, 0.2) is 16.6 Å². The van der Waals surface area contributed by atoms with Crippen molar-refractivity contribution >= 4 is 28.3 Å². The molecule has 2 N–H and O–H groups in total. The van der Waals surface area contributed by atoms with E-state index in [-0.39, 0.29) is 24.8 Å². The zero-order chi connectivity index (χ0) is 19.3. The maximum Gasteiger partial charge on any atom is 0.289 e. The Bertz CT molecular complexity index is 865. The smallest absolute Gasteiger partial charge is 0.289 e. The van der Waals surface area contributed by atoms with E-state index < -0.39 is 5.91 Å². The van der Waals surface area contributed by atoms with E-state index in [0.29, 0.717) is 31.1 Å². The summed E-state index contributed by atoms with van der Waals surface area (Å²) in [6.07, 6.45) is 0.756. The van der Waals surface area contributed by atoms with Crippen LogP contribution in [0.2, 0.25) is 0 Å². The number of thiazole rings is 1. The lowest BCUT2D eigenvalue weighted by Crippen LogP contribution is -2.42. The molecule has 1 fully saturated rings. The van der Waals surface area contributed by atoms with Crippen LogP contribution in [0, 0.1) is 0 Å². The Morgan fingerprint density at radius 3 is 2.82 bits per heavy atom. The minimum atomic E-state index is -0.438. The zero-order valence-electron chi connectivity index (χ0n) is 15.1. The number of aromatic nitrogens is 1. The number of hydrazine groups is 1. The molecule has 0 bridgehead atoms. The number of anilines is 1. The summed E-state index contributed by atoms with van der Waals surface area (Å²) in [6, 6.07) is 5.57. The lowest BCUT2D eigenvalue weighted by Gasteiger charge is -2.25. The predicted molar refractivity (Wildman–Crippen MR) is 102 cm³/mol. The molecule has 1 aromatic heterocycles. The van der Waals surface area contributed by atoms with Gasteiger partial charge in [0.05, 0.1) is 13.2 Å². The van der Waals surface area contributed by atoms with Crippen molar-refractivity contribution in [1.29, 1.82) is 0 Å². The van der Waals surface area contributed by atoms with Gasteiger partial charge in [0.25, 0.3) is 5.91 Å². The first kappa shape index (κ1) is 18.5. The number of hydrogen-bond acceptors (Lipinski definition) is 8. The number of fused-ring (bicyclic) bond motifs is 1. The van der Waals surface area contributed by atoms with Crippen LogP contribution >= 0.6 is 11.3 Å². The minimum Gasteiger partial charge on any atom is -0.454 e. The number of benzene rings is 1. The normalized spacial score (nSPS) is 15.4. The van der Waals surface area contributed by atoms with E-state index >= 15 is 0 Å². The molecule has 2 aliphatic rings. The quantitative estimate of drug-likeness (QED) is 0.720. The minimum absolute atomic E-state index is 0.217. The van der Waals surface area contributed by atoms with Crippen molar-refractivity contribution in [1.82, 2.24) is 15.8 Å². The molecule has 1 saturated heterocycles. The van der Waals surface area contributed by atoms with Crippen LogP contribution in [0.3, 0.4) is 0 Å². The van der Waals surface area contributed by atoms with Crippen LogP contribution < -0.4 is 25.2 Å². The molecule has 148 valence electrons. The van der Waals surface area contributed by atoms with Gasteiger partial charge in [-0.1, -0.05) is 6.07 Å². The van der Waals surface area contributed by atoms with Gasteiger partial charge in [-0.05, 0) is 24.1 Å². The topological polar surface area (TPSA) is 102 Å². The Hall–Kier alpha value is -2.85. The van der Waals surface area contributed by atoms with Gasteiger partial charge < -0.3 is 19.1 Å². The molecule has 2 aliphatic heterocycles. The van der Waals surface area contributed by atoms with E-state index in [2.05, 4.69) is 20.7 Å². The molecule has 0 saturated carbocycles. The summed E-state index contributed by atoms with van der Waals surface area (Å²) in [6.45, 7) is 3.03. The second-order valence-corrected chi connectivity index (χ2v) is 7.14. The lowest BCUT2D eigenvalue weighted by molar-refractivity contribution is -0.121. The number of amides is 2. The molecule has 10 heteroatoms. The van der Waals surface area contributed by atoms with Crippen LogP contribution in [0.15, 0.2) is 23.6 Å². The Labute approximate surface area is 165 Å². The monoisotopic (exact) mass is 404 g/mol. The summed E-state index contributed by atoms with van der Waals surface area (Å²) in [4.78, 5) is 30.6. The van der Waals surface area contributed by atoms with Crippen LogP contribution in [0.5, 0.6) is 11.5 Å². The van der Waals surface area contributed by atoms with Gasteiger partial charge in [0.1, 0.15) is 5.69 Å². The van der Waals surface area contributed by atoms with E-state index in [1.54, 1.807) is 5.38 Å². The highest BCUT2D eigenvalue weighted by atomic mass is 32.1. The van der Waals surface area contributed by atoms with Crippen molar-refractivity contribution in [3.63, 3.8) is 0 Å². The maximum absolute atomic E-state index is 12.2. The molecular formula is C18H20N4O5S. The van der Waals surface area contributed by atoms with Crippen molar-refractivity contribution in [3.05, 3.63) is 34.8 Å². The number of carbonyl (C=O) groups excluding carboxylic acids is 2. The van der Waals surface area contributed by atoms with E-state index in [1.165, 1.54) is 11.3 Å². The molecule has 9 nitrogen and oxygen atoms in total. The van der Waals surface area contributed by atoms with Crippen LogP contribution in [0.4, 0.5) is 5.13 Å². The highest BCUT2D eigenvalue weighted by Gasteiger charge is 2.18. The second-order valence-electron chi connectivity index (χ2n) is 6.30. The van der Waals surface area contributed by atoms with Gasteiger partial charge in [0, 0.05) is 24.9 Å². The molecule has 3 heterocycles. The highest BCUT2D eigenvalue weighted by Crippen LogP contribution is 2.32. The zero-order valence-corrected chi connectivity index (χ0v) is 15.9. The third-order valence-electron chi connectivity index (χ3n) is 4.40. The molecule has 0 aliphatic carbocycles. The summed E-state index contributed by atoms with van der Waals surface area (Å²) in [5.74, 6) is 0.674. The lowest BCUT2D eigenvalue weighted by atomic mass is 10.1. The summed E-state index contributed by atoms with van der Waals surface area (Å²) < 4.78 is 15.9. The summed E-state index contributed by atoms with van der Waals surface area (Å²) in [5, 5.41) is 2.46. The van der Waals surface area contributed by atoms with Gasteiger partial charge in [-0.3, -0.25) is 20.4 Å². The fraction of sp³-hybridized carbons (Fsp3) is 0.389. The number of hydrogen-bond donors (Lipinski definition) is 2. The molecule has 2 aromatic rings. The van der Waals surface area contributed by atoms with Crippen molar-refractivity contribution in [3.8, 4) is 11.5 Å². The number of carbonyl (C=O) groups is 2. The van der Waals surface area contributed by atoms with Gasteiger partial charge in [-0.15, -0.1) is 11.3 Å². The SMILES string of the molecule is O=C(CCc1ccc2c(c1)OCO2)NNC(=O)c1csc(N2CCOCC2)n1. The fourth-order valence-corrected chi connectivity index (χ4v) is 3.74. The van der Waals surface area contributed by atoms with Gasteiger partial charge in [-0.25, -0.2) is 4.98 Å². The van der Waals surface area contributed by atoms with Crippen molar-refractivity contribution in [2.75, 3.05) is 38.0 Å². The summed E-state index contributed by atoms with van der Waals surface area (Å²) >= 11 is 1.40. The third-order valence-corrected chi connectivity index (χ3v) is 5.30. The van der Waals surface area contributed by atoms with Gasteiger partial charge in [0.2, 0.25) is 12.7 Å². The predicted octanol–water partition coefficient (Wildman–Crippen LogP) is 1.10. The van der Waals surface area contributed by atoms with Gasteiger partial charge >= 0.3 is 0 Å². The molecule has 0 spiro atoms. The molecule has 28 heavy (non-hydrogen) atoms. The molecule has 1 aromatic carbocycles.